The summed E-state index contributed by atoms with van der Waals surface area (Å²) in [5, 5.41) is 11.7. The van der Waals surface area contributed by atoms with Crippen molar-refractivity contribution in [3.05, 3.63) is 42.2 Å². The maximum absolute atomic E-state index is 12.4. The molecular formula is C14H17N5O. The van der Waals surface area contributed by atoms with Gasteiger partial charge in [-0.1, -0.05) is 18.2 Å². The molecule has 1 aromatic heterocycles. The number of carbonyl (C=O) groups is 1. The molecule has 1 saturated heterocycles. The van der Waals surface area contributed by atoms with Crippen LogP contribution in [0.1, 0.15) is 17.4 Å². The second kappa shape index (κ2) is 5.42. The SMILES string of the molecule is C[C@@H]1CNCCN1C(=O)c1cnn(-c2ccccc2)n1. The van der Waals surface area contributed by atoms with E-state index in [2.05, 4.69) is 15.5 Å². The molecule has 104 valence electrons. The highest BCUT2D eigenvalue weighted by Gasteiger charge is 2.26. The van der Waals surface area contributed by atoms with Crippen molar-refractivity contribution in [1.29, 1.82) is 0 Å². The molecule has 6 heteroatoms. The third-order valence-corrected chi connectivity index (χ3v) is 3.46. The van der Waals surface area contributed by atoms with Crippen LogP contribution >= 0.6 is 0 Å². The van der Waals surface area contributed by atoms with Crippen molar-refractivity contribution in [3.63, 3.8) is 0 Å². The van der Waals surface area contributed by atoms with Gasteiger partial charge in [0.15, 0.2) is 5.69 Å². The van der Waals surface area contributed by atoms with Crippen LogP contribution in [-0.4, -0.2) is 51.5 Å². The predicted octanol–water partition coefficient (Wildman–Crippen LogP) is 0.701. The lowest BCUT2D eigenvalue weighted by Crippen LogP contribution is -2.52. The maximum atomic E-state index is 12.4. The van der Waals surface area contributed by atoms with Gasteiger partial charge in [0, 0.05) is 25.7 Å². The van der Waals surface area contributed by atoms with Crippen molar-refractivity contribution >= 4 is 5.91 Å². The van der Waals surface area contributed by atoms with Crippen LogP contribution in [0.15, 0.2) is 36.5 Å². The average molecular weight is 271 g/mol. The van der Waals surface area contributed by atoms with Crippen molar-refractivity contribution in [1.82, 2.24) is 25.2 Å². The van der Waals surface area contributed by atoms with E-state index in [1.54, 1.807) is 0 Å². The van der Waals surface area contributed by atoms with Gasteiger partial charge in [-0.3, -0.25) is 4.79 Å². The lowest BCUT2D eigenvalue weighted by molar-refractivity contribution is 0.0649. The van der Waals surface area contributed by atoms with Gasteiger partial charge in [0.25, 0.3) is 5.91 Å². The van der Waals surface area contributed by atoms with E-state index in [9.17, 15) is 4.79 Å². The lowest BCUT2D eigenvalue weighted by Gasteiger charge is -2.33. The van der Waals surface area contributed by atoms with E-state index in [1.807, 2.05) is 42.2 Å². The molecule has 2 heterocycles. The Balaban J connectivity index is 1.81. The Morgan fingerprint density at radius 2 is 2.15 bits per heavy atom. The summed E-state index contributed by atoms with van der Waals surface area (Å²) in [6.07, 6.45) is 1.53. The smallest absolute Gasteiger partial charge is 0.276 e. The van der Waals surface area contributed by atoms with Crippen molar-refractivity contribution in [2.75, 3.05) is 19.6 Å². The topological polar surface area (TPSA) is 63.1 Å². The van der Waals surface area contributed by atoms with E-state index in [0.29, 0.717) is 12.2 Å². The summed E-state index contributed by atoms with van der Waals surface area (Å²) >= 11 is 0. The minimum atomic E-state index is -0.0545. The van der Waals surface area contributed by atoms with E-state index < -0.39 is 0 Å². The third kappa shape index (κ3) is 2.42. The number of amides is 1. The number of para-hydroxylation sites is 1. The monoisotopic (exact) mass is 271 g/mol. The van der Waals surface area contributed by atoms with E-state index in [0.717, 1.165) is 18.8 Å². The molecule has 0 bridgehead atoms. The van der Waals surface area contributed by atoms with E-state index in [4.69, 9.17) is 0 Å². The largest absolute Gasteiger partial charge is 0.332 e. The van der Waals surface area contributed by atoms with Crippen LogP contribution in [0.4, 0.5) is 0 Å². The molecule has 0 aliphatic carbocycles. The fourth-order valence-corrected chi connectivity index (χ4v) is 2.34. The van der Waals surface area contributed by atoms with Gasteiger partial charge >= 0.3 is 0 Å². The number of piperazine rings is 1. The Labute approximate surface area is 117 Å². The van der Waals surface area contributed by atoms with Crippen LogP contribution in [0.2, 0.25) is 0 Å². The molecule has 6 nitrogen and oxygen atoms in total. The highest BCUT2D eigenvalue weighted by atomic mass is 16.2. The summed E-state index contributed by atoms with van der Waals surface area (Å²) in [6.45, 7) is 4.38. The normalized spacial score (nSPS) is 19.1. The zero-order chi connectivity index (χ0) is 13.9. The Bertz CT molecular complexity index is 595. The summed E-state index contributed by atoms with van der Waals surface area (Å²) < 4.78 is 0. The molecule has 0 unspecified atom stereocenters. The van der Waals surface area contributed by atoms with Gasteiger partial charge in [0.1, 0.15) is 0 Å². The molecule has 1 aliphatic heterocycles. The number of hydrogen-bond acceptors (Lipinski definition) is 4. The molecule has 1 aliphatic rings. The predicted molar refractivity (Wildman–Crippen MR) is 74.7 cm³/mol. The summed E-state index contributed by atoms with van der Waals surface area (Å²) in [6, 6.07) is 9.75. The number of hydrogen-bond donors (Lipinski definition) is 1. The van der Waals surface area contributed by atoms with Crippen molar-refractivity contribution < 1.29 is 4.79 Å². The van der Waals surface area contributed by atoms with Crippen molar-refractivity contribution in [2.45, 2.75) is 13.0 Å². The molecule has 1 aromatic carbocycles. The first kappa shape index (κ1) is 12.8. The summed E-state index contributed by atoms with van der Waals surface area (Å²) in [4.78, 5) is 15.8. The van der Waals surface area contributed by atoms with E-state index >= 15 is 0 Å². The number of carbonyl (C=O) groups excluding carboxylic acids is 1. The molecule has 20 heavy (non-hydrogen) atoms. The molecule has 3 rings (SSSR count). The fourth-order valence-electron chi connectivity index (χ4n) is 2.34. The number of benzene rings is 1. The second-order valence-corrected chi connectivity index (χ2v) is 4.91. The Kier molecular flexibility index (Phi) is 3.47. The molecule has 2 aromatic rings. The minimum absolute atomic E-state index is 0.0545. The van der Waals surface area contributed by atoms with Crippen LogP contribution in [0, 0.1) is 0 Å². The third-order valence-electron chi connectivity index (χ3n) is 3.46. The first-order valence-electron chi connectivity index (χ1n) is 6.75. The summed E-state index contributed by atoms with van der Waals surface area (Å²) in [5.74, 6) is -0.0545. The van der Waals surface area contributed by atoms with Crippen LogP contribution in [-0.2, 0) is 0 Å². The van der Waals surface area contributed by atoms with E-state index in [-0.39, 0.29) is 11.9 Å². The quantitative estimate of drug-likeness (QED) is 0.873. The highest BCUT2D eigenvalue weighted by molar-refractivity contribution is 5.92. The molecule has 0 radical (unpaired) electrons. The first-order valence-corrected chi connectivity index (χ1v) is 6.75. The number of rotatable bonds is 2. The molecule has 1 amide bonds. The number of nitrogens with zero attached hydrogens (tertiary/aromatic N) is 4. The van der Waals surface area contributed by atoms with Crippen LogP contribution in [0.25, 0.3) is 5.69 Å². The van der Waals surface area contributed by atoms with Crippen LogP contribution in [0.3, 0.4) is 0 Å². The maximum Gasteiger partial charge on any atom is 0.276 e. The molecule has 0 spiro atoms. The summed E-state index contributed by atoms with van der Waals surface area (Å²) in [7, 11) is 0. The molecular weight excluding hydrogens is 254 g/mol. The van der Waals surface area contributed by atoms with Crippen LogP contribution in [0.5, 0.6) is 0 Å². The van der Waals surface area contributed by atoms with E-state index in [1.165, 1.54) is 11.0 Å². The Hall–Kier alpha value is -2.21. The highest BCUT2D eigenvalue weighted by Crippen LogP contribution is 2.10. The van der Waals surface area contributed by atoms with Crippen molar-refractivity contribution in [2.24, 2.45) is 0 Å². The zero-order valence-electron chi connectivity index (χ0n) is 11.4. The zero-order valence-corrected chi connectivity index (χ0v) is 11.4. The summed E-state index contributed by atoms with van der Waals surface area (Å²) in [5.41, 5.74) is 1.24. The van der Waals surface area contributed by atoms with Gasteiger partial charge in [0.2, 0.25) is 0 Å². The number of nitrogens with one attached hydrogen (secondary N) is 1. The average Bonchev–Trinajstić information content (AvgIpc) is 2.98. The molecule has 1 fully saturated rings. The van der Waals surface area contributed by atoms with Crippen molar-refractivity contribution in [3.8, 4) is 5.69 Å². The van der Waals surface area contributed by atoms with Gasteiger partial charge in [-0.2, -0.15) is 9.90 Å². The lowest BCUT2D eigenvalue weighted by atomic mass is 10.2. The van der Waals surface area contributed by atoms with Gasteiger partial charge in [-0.25, -0.2) is 0 Å². The minimum Gasteiger partial charge on any atom is -0.332 e. The molecule has 1 atom stereocenters. The first-order chi connectivity index (χ1) is 9.75. The van der Waals surface area contributed by atoms with Gasteiger partial charge in [0.05, 0.1) is 11.9 Å². The molecule has 0 saturated carbocycles. The van der Waals surface area contributed by atoms with Gasteiger partial charge in [-0.15, -0.1) is 5.10 Å². The molecule has 1 N–H and O–H groups in total. The Morgan fingerprint density at radius 1 is 1.35 bits per heavy atom. The fraction of sp³-hybridized carbons (Fsp3) is 0.357. The standard InChI is InChI=1S/C14H17N5O/c1-11-9-15-7-8-18(11)14(20)13-10-16-19(17-13)12-5-3-2-4-6-12/h2-6,10-11,15H,7-9H2,1H3/t11-/m1/s1. The van der Waals surface area contributed by atoms with Crippen LogP contribution < -0.4 is 5.32 Å². The number of aromatic nitrogens is 3. The second-order valence-electron chi connectivity index (χ2n) is 4.91. The Morgan fingerprint density at radius 3 is 2.90 bits per heavy atom. The van der Waals surface area contributed by atoms with Gasteiger partial charge < -0.3 is 10.2 Å². The van der Waals surface area contributed by atoms with Gasteiger partial charge in [-0.05, 0) is 19.1 Å².